The number of carbonyl (C=O) groups excluding carboxylic acids is 1. The van der Waals surface area contributed by atoms with Crippen molar-refractivity contribution in [3.63, 3.8) is 0 Å². The van der Waals surface area contributed by atoms with E-state index in [-0.39, 0.29) is 17.9 Å². The SMILES string of the molecule is CCOC(=O)CC(CI)NS(=O)(=O)c1ccc(C)cc1. The molecule has 1 rings (SSSR count). The molecule has 1 N–H and O–H groups in total. The van der Waals surface area contributed by atoms with E-state index in [4.69, 9.17) is 4.74 Å². The molecular formula is C13H18INO4S. The van der Waals surface area contributed by atoms with Crippen molar-refractivity contribution in [2.45, 2.75) is 31.2 Å². The van der Waals surface area contributed by atoms with Crippen molar-refractivity contribution in [1.29, 1.82) is 0 Å². The molecule has 0 bridgehead atoms. The zero-order valence-corrected chi connectivity index (χ0v) is 14.4. The number of hydrogen-bond acceptors (Lipinski definition) is 4. The molecule has 0 radical (unpaired) electrons. The Kier molecular flexibility index (Phi) is 6.90. The number of hydrogen-bond donors (Lipinski definition) is 1. The molecule has 0 heterocycles. The largest absolute Gasteiger partial charge is 0.466 e. The lowest BCUT2D eigenvalue weighted by Gasteiger charge is -2.15. The minimum Gasteiger partial charge on any atom is -0.466 e. The molecule has 0 aliphatic carbocycles. The number of nitrogens with one attached hydrogen (secondary N) is 1. The molecule has 1 aromatic carbocycles. The van der Waals surface area contributed by atoms with Crippen LogP contribution in [-0.4, -0.2) is 31.5 Å². The summed E-state index contributed by atoms with van der Waals surface area (Å²) in [7, 11) is -3.61. The highest BCUT2D eigenvalue weighted by molar-refractivity contribution is 14.1. The first-order valence-electron chi connectivity index (χ1n) is 6.19. The van der Waals surface area contributed by atoms with E-state index in [2.05, 4.69) is 4.72 Å². The summed E-state index contributed by atoms with van der Waals surface area (Å²) >= 11 is 2.04. The van der Waals surface area contributed by atoms with Crippen LogP contribution < -0.4 is 4.72 Å². The van der Waals surface area contributed by atoms with Crippen molar-refractivity contribution in [3.05, 3.63) is 29.8 Å². The fourth-order valence-corrected chi connectivity index (χ4v) is 3.62. The number of aryl methyl sites for hydroxylation is 1. The average molecular weight is 411 g/mol. The molecule has 0 aliphatic rings. The zero-order chi connectivity index (χ0) is 15.2. The normalized spacial score (nSPS) is 12.9. The van der Waals surface area contributed by atoms with Crippen LogP contribution >= 0.6 is 22.6 Å². The van der Waals surface area contributed by atoms with Gasteiger partial charge in [0.2, 0.25) is 10.0 Å². The number of esters is 1. The summed E-state index contributed by atoms with van der Waals surface area (Å²) in [6.45, 7) is 3.89. The van der Waals surface area contributed by atoms with Crippen molar-refractivity contribution in [2.75, 3.05) is 11.0 Å². The van der Waals surface area contributed by atoms with E-state index >= 15 is 0 Å². The van der Waals surface area contributed by atoms with E-state index in [9.17, 15) is 13.2 Å². The van der Waals surface area contributed by atoms with Gasteiger partial charge in [-0.1, -0.05) is 40.3 Å². The topological polar surface area (TPSA) is 72.5 Å². The summed E-state index contributed by atoms with van der Waals surface area (Å²) < 4.78 is 32.2. The summed E-state index contributed by atoms with van der Waals surface area (Å²) in [6, 6.07) is 6.09. The highest BCUT2D eigenvalue weighted by atomic mass is 127. The van der Waals surface area contributed by atoms with E-state index in [0.717, 1.165) is 5.56 Å². The molecule has 0 saturated carbocycles. The molecule has 0 fully saturated rings. The van der Waals surface area contributed by atoms with Gasteiger partial charge in [-0.2, -0.15) is 0 Å². The summed E-state index contributed by atoms with van der Waals surface area (Å²) in [6.07, 6.45) is 0.0296. The maximum Gasteiger partial charge on any atom is 0.307 e. The molecule has 1 unspecified atom stereocenters. The Morgan fingerprint density at radius 1 is 1.35 bits per heavy atom. The standard InChI is InChI=1S/C13H18INO4S/c1-3-19-13(16)8-11(9-14)15-20(17,18)12-6-4-10(2)5-7-12/h4-7,11,15H,3,8-9H2,1-2H3. The van der Waals surface area contributed by atoms with Crippen LogP contribution in [0.3, 0.4) is 0 Å². The average Bonchev–Trinajstić information content (AvgIpc) is 2.38. The second-order valence-corrected chi connectivity index (χ2v) is 6.89. The highest BCUT2D eigenvalue weighted by Crippen LogP contribution is 2.12. The monoisotopic (exact) mass is 411 g/mol. The van der Waals surface area contributed by atoms with Gasteiger partial charge in [0.25, 0.3) is 0 Å². The number of rotatable bonds is 7. The third kappa shape index (κ3) is 5.37. The minimum atomic E-state index is -3.61. The Bertz CT molecular complexity index is 542. The van der Waals surface area contributed by atoms with Gasteiger partial charge in [-0.05, 0) is 26.0 Å². The van der Waals surface area contributed by atoms with Gasteiger partial charge in [0.1, 0.15) is 0 Å². The molecule has 20 heavy (non-hydrogen) atoms. The van der Waals surface area contributed by atoms with E-state index in [1.807, 2.05) is 29.5 Å². The van der Waals surface area contributed by atoms with Crippen LogP contribution in [0.15, 0.2) is 29.2 Å². The third-order valence-corrected chi connectivity index (χ3v) is 5.16. The second kappa shape index (κ2) is 7.94. The van der Waals surface area contributed by atoms with Gasteiger partial charge >= 0.3 is 5.97 Å². The van der Waals surface area contributed by atoms with Crippen LogP contribution in [0.5, 0.6) is 0 Å². The number of halogens is 1. The quantitative estimate of drug-likeness (QED) is 0.424. The van der Waals surface area contributed by atoms with Crippen LogP contribution in [0, 0.1) is 6.92 Å². The van der Waals surface area contributed by atoms with E-state index in [1.165, 1.54) is 0 Å². The molecule has 1 atom stereocenters. The molecule has 7 heteroatoms. The van der Waals surface area contributed by atoms with Crippen LogP contribution in [0.4, 0.5) is 0 Å². The zero-order valence-electron chi connectivity index (χ0n) is 11.4. The summed E-state index contributed by atoms with van der Waals surface area (Å²) in [4.78, 5) is 11.6. The van der Waals surface area contributed by atoms with Gasteiger partial charge in [-0.3, -0.25) is 4.79 Å². The fourth-order valence-electron chi connectivity index (χ4n) is 1.55. The van der Waals surface area contributed by atoms with Gasteiger partial charge in [0.15, 0.2) is 0 Å². The van der Waals surface area contributed by atoms with Gasteiger partial charge < -0.3 is 4.74 Å². The highest BCUT2D eigenvalue weighted by Gasteiger charge is 2.21. The Morgan fingerprint density at radius 2 is 1.95 bits per heavy atom. The lowest BCUT2D eigenvalue weighted by atomic mass is 10.2. The predicted molar refractivity (Wildman–Crippen MR) is 85.4 cm³/mol. The van der Waals surface area contributed by atoms with Crippen LogP contribution in [0.25, 0.3) is 0 Å². The predicted octanol–water partition coefficient (Wildman–Crippen LogP) is 2.03. The molecule has 5 nitrogen and oxygen atoms in total. The second-order valence-electron chi connectivity index (χ2n) is 4.29. The molecular weight excluding hydrogens is 393 g/mol. The lowest BCUT2D eigenvalue weighted by molar-refractivity contribution is -0.143. The van der Waals surface area contributed by atoms with Crippen molar-refractivity contribution in [2.24, 2.45) is 0 Å². The molecule has 1 aromatic rings. The Morgan fingerprint density at radius 3 is 2.45 bits per heavy atom. The number of carbonyl (C=O) groups is 1. The first-order valence-corrected chi connectivity index (χ1v) is 9.20. The smallest absolute Gasteiger partial charge is 0.307 e. The minimum absolute atomic E-state index is 0.0296. The molecule has 0 aliphatic heterocycles. The molecule has 112 valence electrons. The molecule has 0 aromatic heterocycles. The fraction of sp³-hybridized carbons (Fsp3) is 0.462. The van der Waals surface area contributed by atoms with E-state index < -0.39 is 22.0 Å². The van der Waals surface area contributed by atoms with Crippen LogP contribution in [-0.2, 0) is 19.6 Å². The first-order chi connectivity index (χ1) is 9.39. The summed E-state index contributed by atoms with van der Waals surface area (Å²) in [5.74, 6) is -0.402. The van der Waals surface area contributed by atoms with Gasteiger partial charge in [-0.15, -0.1) is 0 Å². The Balaban J connectivity index is 2.77. The van der Waals surface area contributed by atoms with Gasteiger partial charge in [0, 0.05) is 10.5 Å². The number of benzene rings is 1. The van der Waals surface area contributed by atoms with Crippen LogP contribution in [0.2, 0.25) is 0 Å². The van der Waals surface area contributed by atoms with Crippen molar-refractivity contribution in [3.8, 4) is 0 Å². The van der Waals surface area contributed by atoms with Crippen LogP contribution in [0.1, 0.15) is 18.9 Å². The summed E-state index contributed by atoms with van der Waals surface area (Å²) in [5, 5.41) is 0. The first kappa shape index (κ1) is 17.4. The Hall–Kier alpha value is -0.670. The number of alkyl halides is 1. The number of sulfonamides is 1. The maximum atomic E-state index is 12.2. The van der Waals surface area contributed by atoms with Gasteiger partial charge in [-0.25, -0.2) is 13.1 Å². The lowest BCUT2D eigenvalue weighted by Crippen LogP contribution is -2.38. The maximum absolute atomic E-state index is 12.2. The Labute approximate surface area is 133 Å². The van der Waals surface area contributed by atoms with Gasteiger partial charge in [0.05, 0.1) is 17.9 Å². The van der Waals surface area contributed by atoms with Crippen molar-refractivity contribution < 1.29 is 17.9 Å². The third-order valence-electron chi connectivity index (χ3n) is 2.56. The van der Waals surface area contributed by atoms with Crippen molar-refractivity contribution >= 4 is 38.6 Å². The van der Waals surface area contributed by atoms with E-state index in [0.29, 0.717) is 4.43 Å². The summed E-state index contributed by atoms with van der Waals surface area (Å²) in [5.41, 5.74) is 0.987. The number of ether oxygens (including phenoxy) is 1. The molecule has 0 amide bonds. The molecule has 0 saturated heterocycles. The van der Waals surface area contributed by atoms with E-state index in [1.54, 1.807) is 31.2 Å². The van der Waals surface area contributed by atoms with Crippen molar-refractivity contribution in [1.82, 2.24) is 4.72 Å². The molecule has 0 spiro atoms.